The molecule has 3 nitrogen and oxygen atoms in total. The molecule has 2 aromatic rings. The van der Waals surface area contributed by atoms with Crippen molar-refractivity contribution >= 4 is 10.8 Å². The Morgan fingerprint density at radius 3 is 2.63 bits per heavy atom. The second-order valence-corrected chi connectivity index (χ2v) is 4.65. The molecule has 0 heterocycles. The number of aliphatic hydroxyl groups is 1. The third kappa shape index (κ3) is 4.54. The topological polar surface area (TPSA) is 46.1 Å². The summed E-state index contributed by atoms with van der Waals surface area (Å²) in [5.41, 5.74) is 0. The van der Waals surface area contributed by atoms with Gasteiger partial charge in [-0.05, 0) is 35.7 Å². The van der Waals surface area contributed by atoms with Gasteiger partial charge in [0.2, 0.25) is 0 Å². The quantitative estimate of drug-likeness (QED) is 0.707. The first kappa shape index (κ1) is 13.8. The highest BCUT2D eigenvalue weighted by Crippen LogP contribution is 2.20. The smallest absolute Gasteiger partial charge is 0.119 e. The molecule has 0 saturated heterocycles. The normalized spacial score (nSPS) is 10.8. The fourth-order valence-electron chi connectivity index (χ4n) is 2.07. The predicted octanol–water partition coefficient (Wildman–Crippen LogP) is 1.55. The van der Waals surface area contributed by atoms with Crippen LogP contribution in [0.3, 0.4) is 0 Å². The van der Waals surface area contributed by atoms with E-state index in [-0.39, 0.29) is 6.61 Å². The number of quaternary nitrogens is 1. The standard InChI is InChI=1S/C16H21NO2/c18-11-10-17-9-3-4-12-19-16-8-7-14-5-1-2-6-15(14)13-16/h1-2,5-8,13,17-18H,3-4,9-12H2/p+1. The fourth-order valence-corrected chi connectivity index (χ4v) is 2.07. The Balaban J connectivity index is 1.72. The van der Waals surface area contributed by atoms with E-state index in [1.165, 1.54) is 10.8 Å². The molecular weight excluding hydrogens is 238 g/mol. The number of hydrogen-bond acceptors (Lipinski definition) is 2. The minimum atomic E-state index is 0.258. The average Bonchev–Trinajstić information content (AvgIpc) is 2.46. The highest BCUT2D eigenvalue weighted by atomic mass is 16.5. The summed E-state index contributed by atoms with van der Waals surface area (Å²) in [6.45, 7) is 2.87. The minimum absolute atomic E-state index is 0.258. The van der Waals surface area contributed by atoms with Crippen LogP contribution in [0.4, 0.5) is 0 Å². The molecule has 3 N–H and O–H groups in total. The molecule has 0 aliphatic rings. The lowest BCUT2D eigenvalue weighted by Gasteiger charge is -2.07. The van der Waals surface area contributed by atoms with Crippen molar-refractivity contribution in [1.82, 2.24) is 0 Å². The number of nitrogens with two attached hydrogens (primary N) is 1. The first-order valence-electron chi connectivity index (χ1n) is 6.94. The molecule has 0 radical (unpaired) electrons. The Labute approximate surface area is 114 Å². The van der Waals surface area contributed by atoms with Crippen LogP contribution in [0.2, 0.25) is 0 Å². The molecule has 0 saturated carbocycles. The highest BCUT2D eigenvalue weighted by molar-refractivity contribution is 5.83. The van der Waals surface area contributed by atoms with Crippen molar-refractivity contribution in [3.8, 4) is 5.75 Å². The fraction of sp³-hybridized carbons (Fsp3) is 0.375. The van der Waals surface area contributed by atoms with Crippen LogP contribution < -0.4 is 10.1 Å². The van der Waals surface area contributed by atoms with Gasteiger partial charge in [-0.25, -0.2) is 0 Å². The van der Waals surface area contributed by atoms with E-state index in [0.717, 1.165) is 38.3 Å². The zero-order valence-corrected chi connectivity index (χ0v) is 11.2. The first-order chi connectivity index (χ1) is 9.40. The summed E-state index contributed by atoms with van der Waals surface area (Å²) in [6, 6.07) is 14.5. The second-order valence-electron chi connectivity index (χ2n) is 4.65. The van der Waals surface area contributed by atoms with E-state index in [0.29, 0.717) is 0 Å². The number of unbranched alkanes of at least 4 members (excludes halogenated alkanes) is 1. The highest BCUT2D eigenvalue weighted by Gasteiger charge is 1.97. The molecule has 3 heteroatoms. The zero-order chi connectivity index (χ0) is 13.3. The van der Waals surface area contributed by atoms with Gasteiger partial charge in [0.1, 0.15) is 5.75 Å². The molecule has 102 valence electrons. The van der Waals surface area contributed by atoms with Crippen molar-refractivity contribution < 1.29 is 15.2 Å². The van der Waals surface area contributed by atoms with Gasteiger partial charge in [-0.3, -0.25) is 0 Å². The molecule has 0 unspecified atom stereocenters. The van der Waals surface area contributed by atoms with Gasteiger partial charge in [0.05, 0.1) is 26.3 Å². The third-order valence-corrected chi connectivity index (χ3v) is 3.13. The van der Waals surface area contributed by atoms with Crippen LogP contribution >= 0.6 is 0 Å². The van der Waals surface area contributed by atoms with E-state index in [9.17, 15) is 0 Å². The number of hydrogen-bond donors (Lipinski definition) is 2. The van der Waals surface area contributed by atoms with Crippen molar-refractivity contribution in [1.29, 1.82) is 0 Å². The molecule has 0 aliphatic carbocycles. The van der Waals surface area contributed by atoms with Crippen LogP contribution in [0.1, 0.15) is 12.8 Å². The van der Waals surface area contributed by atoms with Crippen LogP contribution in [0, 0.1) is 0 Å². The van der Waals surface area contributed by atoms with Gasteiger partial charge in [-0.1, -0.05) is 30.3 Å². The molecule has 0 bridgehead atoms. The van der Waals surface area contributed by atoms with E-state index >= 15 is 0 Å². The van der Waals surface area contributed by atoms with E-state index in [2.05, 4.69) is 29.6 Å². The maximum atomic E-state index is 8.65. The predicted molar refractivity (Wildman–Crippen MR) is 77.4 cm³/mol. The molecule has 0 aromatic heterocycles. The molecule has 0 atom stereocenters. The van der Waals surface area contributed by atoms with Gasteiger partial charge in [0.15, 0.2) is 0 Å². The first-order valence-corrected chi connectivity index (χ1v) is 6.94. The van der Waals surface area contributed by atoms with Crippen molar-refractivity contribution in [2.75, 3.05) is 26.3 Å². The van der Waals surface area contributed by atoms with Crippen molar-refractivity contribution in [3.05, 3.63) is 42.5 Å². The maximum absolute atomic E-state index is 8.65. The summed E-state index contributed by atoms with van der Waals surface area (Å²) in [5.74, 6) is 0.943. The van der Waals surface area contributed by atoms with Gasteiger partial charge in [-0.2, -0.15) is 0 Å². The molecule has 0 amide bonds. The van der Waals surface area contributed by atoms with E-state index in [1.54, 1.807) is 0 Å². The Morgan fingerprint density at radius 1 is 0.947 bits per heavy atom. The van der Waals surface area contributed by atoms with Gasteiger partial charge >= 0.3 is 0 Å². The van der Waals surface area contributed by atoms with E-state index in [4.69, 9.17) is 9.84 Å². The molecule has 0 spiro atoms. The number of fused-ring (bicyclic) bond motifs is 1. The van der Waals surface area contributed by atoms with Crippen LogP contribution in [0.25, 0.3) is 10.8 Å². The zero-order valence-electron chi connectivity index (χ0n) is 11.2. The SMILES string of the molecule is OCC[NH2+]CCCCOc1ccc2ccccc2c1. The molecule has 2 rings (SSSR count). The summed E-state index contributed by atoms with van der Waals surface area (Å²) >= 11 is 0. The molecule has 2 aromatic carbocycles. The summed E-state index contributed by atoms with van der Waals surface area (Å²) in [6.07, 6.45) is 2.17. The number of ether oxygens (including phenoxy) is 1. The monoisotopic (exact) mass is 260 g/mol. The van der Waals surface area contributed by atoms with Gasteiger partial charge in [-0.15, -0.1) is 0 Å². The summed E-state index contributed by atoms with van der Waals surface area (Å²) in [4.78, 5) is 0. The lowest BCUT2D eigenvalue weighted by atomic mass is 10.1. The Morgan fingerprint density at radius 2 is 1.79 bits per heavy atom. The maximum Gasteiger partial charge on any atom is 0.119 e. The minimum Gasteiger partial charge on any atom is -0.494 e. The second kappa shape index (κ2) is 7.77. The lowest BCUT2D eigenvalue weighted by Crippen LogP contribution is -2.85. The van der Waals surface area contributed by atoms with Gasteiger partial charge in [0.25, 0.3) is 0 Å². The van der Waals surface area contributed by atoms with E-state index < -0.39 is 0 Å². The molecule has 0 aliphatic heterocycles. The number of benzene rings is 2. The van der Waals surface area contributed by atoms with Gasteiger partial charge in [0, 0.05) is 0 Å². The summed E-state index contributed by atoms with van der Waals surface area (Å²) in [7, 11) is 0. The average molecular weight is 260 g/mol. The van der Waals surface area contributed by atoms with Crippen LogP contribution in [0.15, 0.2) is 42.5 Å². The van der Waals surface area contributed by atoms with E-state index in [1.807, 2.05) is 18.2 Å². The lowest BCUT2D eigenvalue weighted by molar-refractivity contribution is -0.656. The largest absolute Gasteiger partial charge is 0.494 e. The third-order valence-electron chi connectivity index (χ3n) is 3.13. The Kier molecular flexibility index (Phi) is 5.66. The van der Waals surface area contributed by atoms with Crippen LogP contribution in [0.5, 0.6) is 5.75 Å². The molecule has 0 fully saturated rings. The number of aliphatic hydroxyl groups excluding tert-OH is 1. The van der Waals surface area contributed by atoms with Crippen LogP contribution in [-0.4, -0.2) is 31.4 Å². The van der Waals surface area contributed by atoms with Crippen molar-refractivity contribution in [2.24, 2.45) is 0 Å². The van der Waals surface area contributed by atoms with Crippen molar-refractivity contribution in [3.63, 3.8) is 0 Å². The van der Waals surface area contributed by atoms with Crippen LogP contribution in [-0.2, 0) is 0 Å². The summed E-state index contributed by atoms with van der Waals surface area (Å²) in [5, 5.41) is 13.2. The molecular formula is C16H22NO2+. The van der Waals surface area contributed by atoms with Gasteiger partial charge < -0.3 is 15.2 Å². The van der Waals surface area contributed by atoms with Crippen molar-refractivity contribution in [2.45, 2.75) is 12.8 Å². The Hall–Kier alpha value is -1.58. The summed E-state index contributed by atoms with van der Waals surface area (Å²) < 4.78 is 5.76. The molecule has 19 heavy (non-hydrogen) atoms. The number of rotatable bonds is 8. The Bertz CT molecular complexity index is 499.